The Hall–Kier alpha value is -10.4. The molecule has 4 aliphatic rings. The monoisotopic (exact) mass is 1150 g/mol. The van der Waals surface area contributed by atoms with Crippen molar-refractivity contribution >= 4 is 0 Å². The molecule has 20 N–H and O–H groups in total. The normalized spacial score (nSPS) is 24.0. The molecule has 8 aromatic rings. The van der Waals surface area contributed by atoms with Crippen LogP contribution in [0.4, 0.5) is 0 Å². The fraction of sp³-hybridized carbons (Fsp3) is 0.200. The van der Waals surface area contributed by atoms with Gasteiger partial charge in [-0.1, -0.05) is 24.3 Å². The number of benzene rings is 8. The molecule has 4 heterocycles. The van der Waals surface area contributed by atoms with Crippen molar-refractivity contribution in [3.8, 4) is 115 Å². The number of phenols is 16. The van der Waals surface area contributed by atoms with Crippen LogP contribution in [0.15, 0.2) is 103 Å². The molecule has 24 nitrogen and oxygen atoms in total. The molecule has 0 aliphatic carbocycles. The van der Waals surface area contributed by atoms with E-state index in [0.717, 1.165) is 78.9 Å². The predicted octanol–water partition coefficient (Wildman–Crippen LogP) is 5.89. The molecule has 0 aromatic heterocycles. The van der Waals surface area contributed by atoms with Gasteiger partial charge in [0.2, 0.25) is 0 Å². The molecule has 0 spiro atoms. The lowest BCUT2D eigenvalue weighted by Crippen LogP contribution is -2.39. The molecular formula is C60H50O24. The van der Waals surface area contributed by atoms with Crippen LogP contribution in [0.5, 0.6) is 115 Å². The number of aliphatic hydroxyl groups excluding tert-OH is 4. The molecule has 12 rings (SSSR count). The molecule has 84 heavy (non-hydrogen) atoms. The first-order valence-electron chi connectivity index (χ1n) is 25.7. The number of hydrogen-bond donors (Lipinski definition) is 20. The Morgan fingerprint density at radius 1 is 0.286 bits per heavy atom. The number of hydrogen-bond acceptors (Lipinski definition) is 24. The largest absolute Gasteiger partial charge is 0.508 e. The third kappa shape index (κ3) is 8.44. The van der Waals surface area contributed by atoms with Gasteiger partial charge in [0.15, 0.2) is 64.3 Å². The fourth-order valence-corrected chi connectivity index (χ4v) is 12.2. The molecule has 0 saturated heterocycles. The van der Waals surface area contributed by atoms with E-state index in [-0.39, 0.29) is 39.1 Å². The van der Waals surface area contributed by atoms with Crippen molar-refractivity contribution in [2.75, 3.05) is 0 Å². The highest BCUT2D eigenvalue weighted by Crippen LogP contribution is 2.64. The minimum absolute atomic E-state index is 0.00596. The Morgan fingerprint density at radius 3 is 1.11 bits per heavy atom. The minimum Gasteiger partial charge on any atom is -0.508 e. The molecule has 0 saturated carbocycles. The summed E-state index contributed by atoms with van der Waals surface area (Å²) >= 11 is 0. The Balaban J connectivity index is 1.13. The van der Waals surface area contributed by atoms with Gasteiger partial charge >= 0.3 is 0 Å². The summed E-state index contributed by atoms with van der Waals surface area (Å²) in [4.78, 5) is 0. The second-order valence-corrected chi connectivity index (χ2v) is 21.0. The second kappa shape index (κ2) is 19.7. The number of aromatic hydroxyl groups is 16. The molecule has 4 aliphatic heterocycles. The van der Waals surface area contributed by atoms with Crippen molar-refractivity contribution in [2.24, 2.45) is 0 Å². The Morgan fingerprint density at radius 2 is 0.643 bits per heavy atom. The highest BCUT2D eigenvalue weighted by atomic mass is 16.5. The van der Waals surface area contributed by atoms with Gasteiger partial charge in [-0.15, -0.1) is 0 Å². The van der Waals surface area contributed by atoms with Crippen molar-refractivity contribution in [3.05, 3.63) is 164 Å². The summed E-state index contributed by atoms with van der Waals surface area (Å²) in [6, 6.07) is 17.9. The van der Waals surface area contributed by atoms with Crippen LogP contribution in [0.2, 0.25) is 0 Å². The van der Waals surface area contributed by atoms with E-state index in [9.17, 15) is 102 Å². The first-order chi connectivity index (χ1) is 39.9. The predicted molar refractivity (Wildman–Crippen MR) is 285 cm³/mol. The van der Waals surface area contributed by atoms with Crippen LogP contribution < -0.4 is 18.9 Å². The van der Waals surface area contributed by atoms with Gasteiger partial charge < -0.3 is 121 Å². The zero-order valence-corrected chi connectivity index (χ0v) is 43.0. The molecule has 0 amide bonds. The maximum Gasteiger partial charge on any atom is 0.157 e. The maximum absolute atomic E-state index is 13.1. The topological polar surface area (TPSA) is 442 Å². The van der Waals surface area contributed by atoms with Crippen LogP contribution >= 0.6 is 0 Å². The highest BCUT2D eigenvalue weighted by molar-refractivity contribution is 5.73. The lowest BCUT2D eigenvalue weighted by atomic mass is 9.72. The van der Waals surface area contributed by atoms with Gasteiger partial charge in [-0.25, -0.2) is 0 Å². The van der Waals surface area contributed by atoms with Gasteiger partial charge in [0.05, 0.1) is 23.9 Å². The van der Waals surface area contributed by atoms with Gasteiger partial charge in [0.1, 0.15) is 93.4 Å². The molecule has 24 heteroatoms. The third-order valence-corrected chi connectivity index (χ3v) is 16.0. The van der Waals surface area contributed by atoms with Crippen LogP contribution in [-0.2, 0) is 6.42 Å². The van der Waals surface area contributed by atoms with E-state index in [2.05, 4.69) is 0 Å². The van der Waals surface area contributed by atoms with Gasteiger partial charge in [-0.2, -0.15) is 0 Å². The number of fused-ring (bicyclic) bond motifs is 4. The second-order valence-electron chi connectivity index (χ2n) is 21.0. The van der Waals surface area contributed by atoms with E-state index >= 15 is 0 Å². The van der Waals surface area contributed by atoms with Crippen LogP contribution in [-0.4, -0.2) is 127 Å². The number of aliphatic hydroxyl groups is 4. The third-order valence-electron chi connectivity index (χ3n) is 16.0. The zero-order valence-electron chi connectivity index (χ0n) is 43.0. The fourth-order valence-electron chi connectivity index (χ4n) is 12.2. The van der Waals surface area contributed by atoms with Gasteiger partial charge in [-0.05, 0) is 70.8 Å². The maximum atomic E-state index is 13.1. The standard InChI is InChI=1S/C60H50O24/c61-23-13-34(71)42-40(14-23)81-56(20-2-6-26(63)31(68)10-20)52(78)48(42)43-38(75)18-41-47(51(43)77)50(54(80)57(82-41)21-3-7-27(64)32(69)11-21)46-37(74)17-36(73)45-49(53(79)58(84-60(45)46)22-4-8-28(65)33(70)12-22)44-35(72)16-29(66)24-15-39(76)55(83-59(24)44)19-1-5-25(62)30(67)9-19/h1-14,16-18,39,48-50,52-58,61-80H,15H2/t39-,48+,49+,50-,52-,53+,54+,55-,56+,57-,58+/m0/s1. The van der Waals surface area contributed by atoms with Gasteiger partial charge in [0.25, 0.3) is 0 Å². The van der Waals surface area contributed by atoms with Crippen LogP contribution in [0.25, 0.3) is 0 Å². The highest BCUT2D eigenvalue weighted by Gasteiger charge is 2.53. The summed E-state index contributed by atoms with van der Waals surface area (Å²) in [7, 11) is 0. The van der Waals surface area contributed by atoms with Crippen molar-refractivity contribution in [1.82, 2.24) is 0 Å². The van der Waals surface area contributed by atoms with Crippen molar-refractivity contribution in [3.63, 3.8) is 0 Å². The smallest absolute Gasteiger partial charge is 0.157 e. The van der Waals surface area contributed by atoms with Gasteiger partial charge in [-0.3, -0.25) is 0 Å². The number of ether oxygens (including phenoxy) is 4. The van der Waals surface area contributed by atoms with E-state index in [4.69, 9.17) is 18.9 Å². The summed E-state index contributed by atoms with van der Waals surface area (Å²) in [5.41, 5.74) is -3.30. The molecule has 0 fully saturated rings. The van der Waals surface area contributed by atoms with E-state index in [1.54, 1.807) is 0 Å². The lowest BCUT2D eigenvalue weighted by molar-refractivity contribution is -0.00597. The number of rotatable bonds is 7. The zero-order chi connectivity index (χ0) is 59.8. The lowest BCUT2D eigenvalue weighted by Gasteiger charge is -2.43. The summed E-state index contributed by atoms with van der Waals surface area (Å²) in [5, 5.41) is 229. The first kappa shape index (κ1) is 54.2. The average Bonchev–Trinajstić information content (AvgIpc) is 1.08. The summed E-state index contributed by atoms with van der Waals surface area (Å²) in [6.07, 6.45) is -14.7. The Labute approximate surface area is 472 Å². The van der Waals surface area contributed by atoms with Gasteiger partial charge in [0, 0.05) is 75.7 Å². The molecule has 0 radical (unpaired) electrons. The van der Waals surface area contributed by atoms with Crippen LogP contribution in [0, 0.1) is 0 Å². The Bertz CT molecular complexity index is 4030. The van der Waals surface area contributed by atoms with E-state index < -0.39 is 210 Å². The Kier molecular flexibility index (Phi) is 12.7. The van der Waals surface area contributed by atoms with Crippen molar-refractivity contribution in [1.29, 1.82) is 0 Å². The molecule has 0 bridgehead atoms. The van der Waals surface area contributed by atoms with E-state index in [1.807, 2.05) is 0 Å². The van der Waals surface area contributed by atoms with Crippen LogP contribution in [0.3, 0.4) is 0 Å². The average molecular weight is 1160 g/mol. The van der Waals surface area contributed by atoms with E-state index in [0.29, 0.717) is 0 Å². The summed E-state index contributed by atoms with van der Waals surface area (Å²) in [5.74, 6) is -19.0. The molecule has 0 unspecified atom stereocenters. The SMILES string of the molecule is Oc1cc(O)c2c(c1)O[C@H](c1ccc(O)c(O)c1)[C@@H](O)[C@H]2c1c(O)cc2c(c1O)[C@H](c1c(O)cc(O)c3c1O[C@H](c1ccc(O)c(O)c1)[C@H](O)[C@@H]3c1c(O)cc(O)c3c1O[C@@H](c1ccc(O)c(O)c1)[C@@H](O)C3)[C@@H](O)[C@H](c1ccc(O)c(O)c1)O2. The van der Waals surface area contributed by atoms with Crippen molar-refractivity contribution < 1.29 is 121 Å². The summed E-state index contributed by atoms with van der Waals surface area (Å²) in [6.45, 7) is 0. The van der Waals surface area contributed by atoms with E-state index in [1.165, 1.54) is 24.3 Å². The first-order valence-corrected chi connectivity index (χ1v) is 25.7. The van der Waals surface area contributed by atoms with Crippen molar-refractivity contribution in [2.45, 2.75) is 73.0 Å². The van der Waals surface area contributed by atoms with Crippen LogP contribution in [0.1, 0.15) is 103 Å². The molecule has 434 valence electrons. The molecular weight excluding hydrogens is 1100 g/mol. The molecule has 8 aromatic carbocycles. The minimum atomic E-state index is -2.15. The number of phenolic OH excluding ortho intramolecular Hbond substituents is 16. The molecule has 11 atom stereocenters. The summed E-state index contributed by atoms with van der Waals surface area (Å²) < 4.78 is 25.5. The quantitative estimate of drug-likeness (QED) is 0.0827.